The van der Waals surface area contributed by atoms with E-state index in [1.165, 1.54) is 0 Å². The predicted octanol–water partition coefficient (Wildman–Crippen LogP) is 0.574. The first-order valence-electron chi connectivity index (χ1n) is 5.93. The van der Waals surface area contributed by atoms with E-state index >= 15 is 0 Å². The minimum atomic E-state index is -1.01. The Bertz CT molecular complexity index is 283. The third kappa shape index (κ3) is 4.22. The van der Waals surface area contributed by atoms with Gasteiger partial charge in [0.25, 0.3) is 0 Å². The molecule has 2 unspecified atom stereocenters. The number of carboxylic acid groups (broad SMARTS) is 1. The van der Waals surface area contributed by atoms with Gasteiger partial charge in [-0.05, 0) is 19.8 Å². The van der Waals surface area contributed by atoms with Crippen LogP contribution in [0.3, 0.4) is 0 Å². The molecular formula is C11H20N2O4. The van der Waals surface area contributed by atoms with Crippen LogP contribution in [-0.2, 0) is 9.53 Å². The van der Waals surface area contributed by atoms with Gasteiger partial charge in [-0.2, -0.15) is 0 Å². The van der Waals surface area contributed by atoms with E-state index in [2.05, 4.69) is 10.6 Å². The highest BCUT2D eigenvalue weighted by Gasteiger charge is 2.25. The minimum absolute atomic E-state index is 0.150. The standard InChI is InChI=1S/C11H20N2O4/c1-3-9(10(14)15)13-11(16)12-6-8-4-5-17-7(8)2/h7-9H,3-6H2,1-2H3,(H,14,15)(H2,12,13,16)/t7?,8?,9-/m1/s1. The molecule has 1 saturated heterocycles. The molecule has 2 amide bonds. The molecule has 98 valence electrons. The largest absolute Gasteiger partial charge is 0.480 e. The molecule has 17 heavy (non-hydrogen) atoms. The number of hydrogen-bond donors (Lipinski definition) is 3. The maximum Gasteiger partial charge on any atom is 0.326 e. The van der Waals surface area contributed by atoms with Crippen molar-refractivity contribution in [2.75, 3.05) is 13.2 Å². The predicted molar refractivity (Wildman–Crippen MR) is 61.8 cm³/mol. The number of aliphatic carboxylic acids is 1. The van der Waals surface area contributed by atoms with Gasteiger partial charge in [0, 0.05) is 19.1 Å². The van der Waals surface area contributed by atoms with Crippen molar-refractivity contribution in [1.29, 1.82) is 0 Å². The van der Waals surface area contributed by atoms with Crippen LogP contribution in [0.15, 0.2) is 0 Å². The smallest absolute Gasteiger partial charge is 0.326 e. The molecule has 1 aliphatic heterocycles. The van der Waals surface area contributed by atoms with Crippen LogP contribution in [0, 0.1) is 5.92 Å². The van der Waals surface area contributed by atoms with E-state index in [1.807, 2.05) is 6.92 Å². The molecule has 6 heteroatoms. The normalized spacial score (nSPS) is 25.3. The number of carbonyl (C=O) groups is 2. The second kappa shape index (κ2) is 6.44. The van der Waals surface area contributed by atoms with Crippen LogP contribution in [0.25, 0.3) is 0 Å². The van der Waals surface area contributed by atoms with Crippen molar-refractivity contribution in [3.8, 4) is 0 Å². The van der Waals surface area contributed by atoms with Crippen LogP contribution in [-0.4, -0.2) is 42.4 Å². The van der Waals surface area contributed by atoms with E-state index in [0.717, 1.165) is 13.0 Å². The van der Waals surface area contributed by atoms with Gasteiger partial charge in [-0.1, -0.05) is 6.92 Å². The van der Waals surface area contributed by atoms with Crippen molar-refractivity contribution >= 4 is 12.0 Å². The van der Waals surface area contributed by atoms with Crippen LogP contribution < -0.4 is 10.6 Å². The van der Waals surface area contributed by atoms with E-state index < -0.39 is 18.0 Å². The summed E-state index contributed by atoms with van der Waals surface area (Å²) in [6.07, 6.45) is 1.44. The minimum Gasteiger partial charge on any atom is -0.480 e. The highest BCUT2D eigenvalue weighted by Crippen LogP contribution is 2.19. The van der Waals surface area contributed by atoms with Crippen molar-refractivity contribution in [3.05, 3.63) is 0 Å². The summed E-state index contributed by atoms with van der Waals surface area (Å²) in [6, 6.07) is -1.26. The number of urea groups is 1. The molecule has 0 aliphatic carbocycles. The van der Waals surface area contributed by atoms with E-state index in [0.29, 0.717) is 18.9 Å². The highest BCUT2D eigenvalue weighted by molar-refractivity contribution is 5.82. The van der Waals surface area contributed by atoms with Gasteiger partial charge in [0.2, 0.25) is 0 Å². The molecule has 0 aromatic rings. The lowest BCUT2D eigenvalue weighted by atomic mass is 10.0. The number of carbonyl (C=O) groups excluding carboxylic acids is 1. The van der Waals surface area contributed by atoms with Gasteiger partial charge in [0.15, 0.2) is 0 Å². The van der Waals surface area contributed by atoms with Gasteiger partial charge in [0.05, 0.1) is 6.10 Å². The zero-order valence-electron chi connectivity index (χ0n) is 10.2. The first-order chi connectivity index (χ1) is 8.04. The fourth-order valence-corrected chi connectivity index (χ4v) is 1.82. The van der Waals surface area contributed by atoms with Crippen LogP contribution in [0.1, 0.15) is 26.7 Å². The maximum atomic E-state index is 11.5. The summed E-state index contributed by atoms with van der Waals surface area (Å²) in [6.45, 7) is 4.93. The number of hydrogen-bond acceptors (Lipinski definition) is 3. The van der Waals surface area contributed by atoms with Gasteiger partial charge >= 0.3 is 12.0 Å². The summed E-state index contributed by atoms with van der Waals surface area (Å²) in [7, 11) is 0. The van der Waals surface area contributed by atoms with Crippen molar-refractivity contribution < 1.29 is 19.4 Å². The van der Waals surface area contributed by atoms with Crippen LogP contribution in [0.5, 0.6) is 0 Å². The average molecular weight is 244 g/mol. The Morgan fingerprint density at radius 3 is 2.71 bits per heavy atom. The Morgan fingerprint density at radius 1 is 1.53 bits per heavy atom. The summed E-state index contributed by atoms with van der Waals surface area (Å²) in [5.74, 6) is -0.703. The molecular weight excluding hydrogens is 224 g/mol. The second-order valence-electron chi connectivity index (χ2n) is 4.28. The molecule has 0 aromatic heterocycles. The highest BCUT2D eigenvalue weighted by atomic mass is 16.5. The Kier molecular flexibility index (Phi) is 5.21. The SMILES string of the molecule is CC[C@@H](NC(=O)NCC1CCOC1C)C(=O)O. The molecule has 0 bridgehead atoms. The molecule has 3 atom stereocenters. The fraction of sp³-hybridized carbons (Fsp3) is 0.818. The van der Waals surface area contributed by atoms with Crippen molar-refractivity contribution in [1.82, 2.24) is 10.6 Å². The van der Waals surface area contributed by atoms with Crippen LogP contribution in [0.4, 0.5) is 4.79 Å². The number of amides is 2. The second-order valence-corrected chi connectivity index (χ2v) is 4.28. The Hall–Kier alpha value is -1.30. The van der Waals surface area contributed by atoms with E-state index in [-0.39, 0.29) is 6.10 Å². The summed E-state index contributed by atoms with van der Waals surface area (Å²) in [5.41, 5.74) is 0. The van der Waals surface area contributed by atoms with Gasteiger partial charge in [-0.15, -0.1) is 0 Å². The zero-order valence-corrected chi connectivity index (χ0v) is 10.2. The maximum absolute atomic E-state index is 11.5. The molecule has 0 radical (unpaired) electrons. The zero-order chi connectivity index (χ0) is 12.8. The molecule has 1 aliphatic rings. The Morgan fingerprint density at radius 2 is 2.24 bits per heavy atom. The average Bonchev–Trinajstić information content (AvgIpc) is 2.68. The molecule has 1 rings (SSSR count). The fourth-order valence-electron chi connectivity index (χ4n) is 1.82. The van der Waals surface area contributed by atoms with Crippen molar-refractivity contribution in [3.63, 3.8) is 0 Å². The number of ether oxygens (including phenoxy) is 1. The lowest BCUT2D eigenvalue weighted by molar-refractivity contribution is -0.139. The van der Waals surface area contributed by atoms with E-state index in [9.17, 15) is 9.59 Å². The van der Waals surface area contributed by atoms with E-state index in [1.54, 1.807) is 6.92 Å². The molecule has 1 fully saturated rings. The molecule has 6 nitrogen and oxygen atoms in total. The molecule has 1 heterocycles. The van der Waals surface area contributed by atoms with Gasteiger partial charge < -0.3 is 20.5 Å². The summed E-state index contributed by atoms with van der Waals surface area (Å²) in [5, 5.41) is 13.9. The number of rotatable bonds is 5. The topological polar surface area (TPSA) is 87.7 Å². The molecule has 3 N–H and O–H groups in total. The lowest BCUT2D eigenvalue weighted by Gasteiger charge is -2.17. The third-order valence-corrected chi connectivity index (χ3v) is 3.07. The Labute approximate surface area is 101 Å². The van der Waals surface area contributed by atoms with Gasteiger partial charge in [-0.25, -0.2) is 9.59 Å². The number of nitrogens with one attached hydrogen (secondary N) is 2. The first kappa shape index (κ1) is 13.8. The van der Waals surface area contributed by atoms with Crippen molar-refractivity contribution in [2.24, 2.45) is 5.92 Å². The summed E-state index contributed by atoms with van der Waals surface area (Å²) >= 11 is 0. The first-order valence-corrected chi connectivity index (χ1v) is 5.93. The van der Waals surface area contributed by atoms with Gasteiger partial charge in [-0.3, -0.25) is 0 Å². The van der Waals surface area contributed by atoms with Gasteiger partial charge in [0.1, 0.15) is 6.04 Å². The number of carboxylic acids is 1. The quantitative estimate of drug-likeness (QED) is 0.660. The third-order valence-electron chi connectivity index (χ3n) is 3.07. The molecule has 0 spiro atoms. The molecule has 0 saturated carbocycles. The summed E-state index contributed by atoms with van der Waals surface area (Å²) in [4.78, 5) is 22.2. The monoisotopic (exact) mass is 244 g/mol. The van der Waals surface area contributed by atoms with E-state index in [4.69, 9.17) is 9.84 Å². The van der Waals surface area contributed by atoms with Crippen molar-refractivity contribution in [2.45, 2.75) is 38.8 Å². The van der Waals surface area contributed by atoms with Crippen LogP contribution in [0.2, 0.25) is 0 Å². The summed E-state index contributed by atoms with van der Waals surface area (Å²) < 4.78 is 5.37. The Balaban J connectivity index is 2.27. The molecule has 0 aromatic carbocycles. The lowest BCUT2D eigenvalue weighted by Crippen LogP contribution is -2.47. The van der Waals surface area contributed by atoms with Crippen LogP contribution >= 0.6 is 0 Å².